The number of hydrogen-bond donors (Lipinski definition) is 1. The molecule has 7 heteroatoms. The van der Waals surface area contributed by atoms with E-state index < -0.39 is 11.5 Å². The number of ketones is 1. The van der Waals surface area contributed by atoms with Gasteiger partial charge in [0.15, 0.2) is 22.9 Å². The van der Waals surface area contributed by atoms with Gasteiger partial charge in [-0.1, -0.05) is 30.3 Å². The van der Waals surface area contributed by atoms with Gasteiger partial charge in [0.05, 0.1) is 18.2 Å². The van der Waals surface area contributed by atoms with Crippen LogP contribution in [0.2, 0.25) is 0 Å². The number of aliphatic hydroxyl groups is 1. The van der Waals surface area contributed by atoms with E-state index in [1.165, 1.54) is 11.0 Å². The quantitative estimate of drug-likeness (QED) is 0.563. The molecule has 4 rings (SSSR count). The Morgan fingerprint density at radius 1 is 1.23 bits per heavy atom. The Morgan fingerprint density at radius 3 is 2.87 bits per heavy atom. The Labute approximate surface area is 173 Å². The zero-order valence-electron chi connectivity index (χ0n) is 16.2. The molecule has 0 aromatic heterocycles. The number of rotatable bonds is 7. The van der Waals surface area contributed by atoms with Crippen LogP contribution in [0.5, 0.6) is 11.5 Å². The predicted molar refractivity (Wildman–Crippen MR) is 109 cm³/mol. The second kappa shape index (κ2) is 8.01. The van der Waals surface area contributed by atoms with Crippen LogP contribution in [0.1, 0.15) is 30.4 Å². The average Bonchev–Trinajstić information content (AvgIpc) is 3.29. The van der Waals surface area contributed by atoms with Crippen LogP contribution >= 0.6 is 0 Å². The number of amides is 1. The molecule has 0 spiro atoms. The van der Waals surface area contributed by atoms with E-state index in [-0.39, 0.29) is 19.0 Å². The van der Waals surface area contributed by atoms with E-state index >= 15 is 0 Å². The molecule has 2 aliphatic heterocycles. The summed E-state index contributed by atoms with van der Waals surface area (Å²) in [6, 6.07) is 14.3. The number of ether oxygens (including phenoxy) is 2. The number of carbonyl (C=O) groups is 2. The fourth-order valence-corrected chi connectivity index (χ4v) is 3.73. The number of hydrogen-bond acceptors (Lipinski definition) is 6. The van der Waals surface area contributed by atoms with Crippen molar-refractivity contribution in [3.63, 3.8) is 0 Å². The summed E-state index contributed by atoms with van der Waals surface area (Å²) in [5, 5.41) is 19.9. The number of anilines is 1. The molecule has 1 amide bonds. The largest absolute Gasteiger partial charge is 0.454 e. The second-order valence-corrected chi connectivity index (χ2v) is 7.19. The molecule has 30 heavy (non-hydrogen) atoms. The van der Waals surface area contributed by atoms with E-state index in [0.29, 0.717) is 42.1 Å². The van der Waals surface area contributed by atoms with Crippen LogP contribution in [0.25, 0.3) is 6.08 Å². The molecular formula is C23H20N2O5. The number of para-hydroxylation sites is 1. The number of benzene rings is 2. The van der Waals surface area contributed by atoms with Crippen molar-refractivity contribution in [3.8, 4) is 17.6 Å². The monoisotopic (exact) mass is 404 g/mol. The Balaban J connectivity index is 1.52. The normalized spacial score (nSPS) is 19.2. The van der Waals surface area contributed by atoms with Crippen molar-refractivity contribution in [1.29, 1.82) is 5.26 Å². The number of allylic oxidation sites excluding steroid dienone is 1. The lowest BCUT2D eigenvalue weighted by atomic mass is 9.89. The van der Waals surface area contributed by atoms with Crippen LogP contribution in [0, 0.1) is 11.3 Å². The van der Waals surface area contributed by atoms with E-state index in [0.717, 1.165) is 5.56 Å². The van der Waals surface area contributed by atoms with Crippen LogP contribution in [-0.4, -0.2) is 30.1 Å². The van der Waals surface area contributed by atoms with E-state index in [1.807, 2.05) is 0 Å². The summed E-state index contributed by atoms with van der Waals surface area (Å²) in [7, 11) is 0. The van der Waals surface area contributed by atoms with Gasteiger partial charge in [0.1, 0.15) is 0 Å². The number of nitriles is 1. The fourth-order valence-electron chi connectivity index (χ4n) is 3.73. The van der Waals surface area contributed by atoms with Gasteiger partial charge in [0.2, 0.25) is 6.79 Å². The van der Waals surface area contributed by atoms with Gasteiger partial charge in [-0.15, -0.1) is 0 Å². The van der Waals surface area contributed by atoms with Crippen molar-refractivity contribution in [2.24, 2.45) is 0 Å². The molecule has 7 nitrogen and oxygen atoms in total. The average molecular weight is 404 g/mol. The molecule has 0 saturated carbocycles. The summed E-state index contributed by atoms with van der Waals surface area (Å²) in [6.07, 6.45) is 3.40. The highest BCUT2D eigenvalue weighted by molar-refractivity contribution is 6.10. The molecule has 2 aromatic rings. The summed E-state index contributed by atoms with van der Waals surface area (Å²) in [5.74, 6) is 0.345. The summed E-state index contributed by atoms with van der Waals surface area (Å²) < 4.78 is 10.6. The van der Waals surface area contributed by atoms with Crippen LogP contribution in [0.3, 0.4) is 0 Å². The molecule has 0 radical (unpaired) electrons. The van der Waals surface area contributed by atoms with Gasteiger partial charge in [-0.25, -0.2) is 0 Å². The van der Waals surface area contributed by atoms with E-state index in [9.17, 15) is 14.7 Å². The smallest absolute Gasteiger partial charge is 0.264 e. The van der Waals surface area contributed by atoms with Gasteiger partial charge in [-0.2, -0.15) is 5.26 Å². The van der Waals surface area contributed by atoms with Gasteiger partial charge in [-0.05, 0) is 36.3 Å². The Kier molecular flexibility index (Phi) is 5.25. The molecular weight excluding hydrogens is 384 g/mol. The highest BCUT2D eigenvalue weighted by Gasteiger charge is 2.50. The van der Waals surface area contributed by atoms with Crippen LogP contribution in [-0.2, 0) is 15.2 Å². The summed E-state index contributed by atoms with van der Waals surface area (Å²) in [6.45, 7) is 0.480. The lowest BCUT2D eigenvalue weighted by Crippen LogP contribution is -2.42. The minimum absolute atomic E-state index is 0.168. The SMILES string of the molecule is N#CCCCN1C(=O)C(O)(CC(=O)C=Cc2ccc3c(c2)OCO3)c2ccccc21. The van der Waals surface area contributed by atoms with Crippen molar-refractivity contribution >= 4 is 23.5 Å². The van der Waals surface area contributed by atoms with Crippen molar-refractivity contribution in [2.45, 2.75) is 24.9 Å². The number of unbranched alkanes of at least 4 members (excludes halogenated alkanes) is 1. The third-order valence-corrected chi connectivity index (χ3v) is 5.20. The molecule has 2 aromatic carbocycles. The van der Waals surface area contributed by atoms with Gasteiger partial charge < -0.3 is 19.5 Å². The molecule has 2 heterocycles. The van der Waals surface area contributed by atoms with Crippen molar-refractivity contribution < 1.29 is 24.2 Å². The zero-order valence-corrected chi connectivity index (χ0v) is 16.2. The topological polar surface area (TPSA) is 99.9 Å². The second-order valence-electron chi connectivity index (χ2n) is 7.19. The molecule has 0 saturated heterocycles. The summed E-state index contributed by atoms with van der Waals surface area (Å²) in [5.41, 5.74) is -0.178. The third kappa shape index (κ3) is 3.53. The van der Waals surface area contributed by atoms with Crippen LogP contribution < -0.4 is 14.4 Å². The highest BCUT2D eigenvalue weighted by Crippen LogP contribution is 2.42. The lowest BCUT2D eigenvalue weighted by molar-refractivity contribution is -0.140. The Morgan fingerprint density at radius 2 is 2.03 bits per heavy atom. The number of fused-ring (bicyclic) bond motifs is 2. The maximum absolute atomic E-state index is 13.0. The molecule has 0 aliphatic carbocycles. The Hall–Kier alpha value is -3.63. The maximum Gasteiger partial charge on any atom is 0.264 e. The number of nitrogens with zero attached hydrogens (tertiary/aromatic N) is 2. The fraction of sp³-hybridized carbons (Fsp3) is 0.261. The first kappa shape index (κ1) is 19.7. The standard InChI is InChI=1S/C23H20N2O5/c24-11-3-4-12-25-19-6-2-1-5-18(19)23(28,22(25)27)14-17(26)9-7-16-8-10-20-21(13-16)30-15-29-20/h1-2,5-10,13,28H,3-4,12,14-15H2. The van der Waals surface area contributed by atoms with Crippen LogP contribution in [0.4, 0.5) is 5.69 Å². The first-order chi connectivity index (χ1) is 14.5. The van der Waals surface area contributed by atoms with E-state index in [2.05, 4.69) is 6.07 Å². The van der Waals surface area contributed by atoms with Crippen molar-refractivity contribution in [1.82, 2.24) is 0 Å². The van der Waals surface area contributed by atoms with E-state index in [4.69, 9.17) is 14.7 Å². The molecule has 1 N–H and O–H groups in total. The van der Waals surface area contributed by atoms with Gasteiger partial charge in [0.25, 0.3) is 5.91 Å². The minimum Gasteiger partial charge on any atom is -0.454 e. The summed E-state index contributed by atoms with van der Waals surface area (Å²) >= 11 is 0. The molecule has 1 atom stereocenters. The Bertz CT molecular complexity index is 1070. The number of carbonyl (C=O) groups excluding carboxylic acids is 2. The zero-order chi connectivity index (χ0) is 21.1. The lowest BCUT2D eigenvalue weighted by Gasteiger charge is -2.22. The first-order valence-electron chi connectivity index (χ1n) is 9.64. The maximum atomic E-state index is 13.0. The minimum atomic E-state index is -1.92. The van der Waals surface area contributed by atoms with Gasteiger partial charge in [0, 0.05) is 18.5 Å². The molecule has 152 valence electrons. The van der Waals surface area contributed by atoms with Gasteiger partial charge >= 0.3 is 0 Å². The van der Waals surface area contributed by atoms with Crippen molar-refractivity contribution in [2.75, 3.05) is 18.2 Å². The molecule has 0 bridgehead atoms. The van der Waals surface area contributed by atoms with Crippen molar-refractivity contribution in [3.05, 3.63) is 59.7 Å². The molecule has 0 fully saturated rings. The van der Waals surface area contributed by atoms with E-state index in [1.54, 1.807) is 48.5 Å². The summed E-state index contributed by atoms with van der Waals surface area (Å²) in [4.78, 5) is 27.1. The molecule has 1 unspecified atom stereocenters. The highest BCUT2D eigenvalue weighted by atomic mass is 16.7. The first-order valence-corrected chi connectivity index (χ1v) is 9.64. The van der Waals surface area contributed by atoms with Crippen LogP contribution in [0.15, 0.2) is 48.5 Å². The molecule has 2 aliphatic rings. The third-order valence-electron chi connectivity index (χ3n) is 5.20. The van der Waals surface area contributed by atoms with Gasteiger partial charge in [-0.3, -0.25) is 9.59 Å². The predicted octanol–water partition coefficient (Wildman–Crippen LogP) is 2.93.